The molecule has 0 radical (unpaired) electrons. The fourth-order valence-corrected chi connectivity index (χ4v) is 7.83. The Morgan fingerprint density at radius 3 is 1.94 bits per heavy atom. The first kappa shape index (κ1) is 38.4. The van der Waals surface area contributed by atoms with E-state index in [1.807, 2.05) is 35.2 Å². The Kier molecular flexibility index (Phi) is 14.6. The van der Waals surface area contributed by atoms with E-state index >= 15 is 0 Å². The molecule has 0 saturated carbocycles. The van der Waals surface area contributed by atoms with Crippen molar-refractivity contribution >= 4 is 17.5 Å². The third-order valence-corrected chi connectivity index (χ3v) is 10.7. The fraction of sp³-hybridized carbons (Fsp3) is 0.548. The minimum absolute atomic E-state index is 0. The summed E-state index contributed by atoms with van der Waals surface area (Å²) in [5, 5.41) is 11.9. The average Bonchev–Trinajstić information content (AvgIpc) is 3.26. The van der Waals surface area contributed by atoms with Crippen molar-refractivity contribution in [2.24, 2.45) is 0 Å². The van der Waals surface area contributed by atoms with E-state index in [0.29, 0.717) is 6.54 Å². The molecule has 1 spiro atoms. The first-order valence-electron chi connectivity index (χ1n) is 18.9. The lowest BCUT2D eigenvalue weighted by atomic mass is 9.76. The van der Waals surface area contributed by atoms with Crippen molar-refractivity contribution < 1.29 is 26.6 Å². The minimum Gasteiger partial charge on any atom is -1.00 e. The van der Waals surface area contributed by atoms with Gasteiger partial charge >= 0.3 is 0 Å². The van der Waals surface area contributed by atoms with Gasteiger partial charge in [-0.25, -0.2) is 4.57 Å². The molecule has 2 aliphatic rings. The van der Waals surface area contributed by atoms with Gasteiger partial charge in [0.1, 0.15) is 5.75 Å². The normalized spacial score (nSPS) is 17.0. The topological polar surface area (TPSA) is 59.5 Å². The summed E-state index contributed by atoms with van der Waals surface area (Å²) >= 11 is 0. The Morgan fingerprint density at radius 2 is 1.35 bits per heavy atom. The number of hydrogen-bond acceptors (Lipinski definition) is 4. The predicted octanol–water partition coefficient (Wildman–Crippen LogP) is 8.10. The molecule has 0 amide bonds. The molecule has 1 atom stereocenters. The second kappa shape index (κ2) is 18.6. The highest BCUT2D eigenvalue weighted by molar-refractivity contribution is 5.74. The largest absolute Gasteiger partial charge is 1.00 e. The number of halogens is 1. The van der Waals surface area contributed by atoms with Gasteiger partial charge in [-0.15, -0.1) is 0 Å². The van der Waals surface area contributed by atoms with Crippen LogP contribution in [0.3, 0.4) is 0 Å². The van der Waals surface area contributed by atoms with Gasteiger partial charge in [0.2, 0.25) is 5.72 Å². The first-order valence-corrected chi connectivity index (χ1v) is 18.9. The Morgan fingerprint density at radius 1 is 0.776 bits per heavy atom. The highest BCUT2D eigenvalue weighted by Gasteiger charge is 2.58. The molecule has 3 heterocycles. The van der Waals surface area contributed by atoms with Crippen molar-refractivity contribution in [1.82, 2.24) is 0 Å². The number of non-ortho nitro benzene ring substituents is 1. The molecule has 0 N–H and O–H groups in total. The van der Waals surface area contributed by atoms with Gasteiger partial charge < -0.3 is 22.0 Å². The molecule has 2 aromatic carbocycles. The lowest BCUT2D eigenvalue weighted by Crippen LogP contribution is -3.00. The summed E-state index contributed by atoms with van der Waals surface area (Å²) in [5.41, 5.74) is 3.08. The third kappa shape index (κ3) is 9.25. The van der Waals surface area contributed by atoms with Gasteiger partial charge in [0, 0.05) is 42.1 Å². The number of fused-ring (bicyclic) bond motifs is 2. The summed E-state index contributed by atoms with van der Waals surface area (Å²) in [4.78, 5) is 14.1. The Labute approximate surface area is 301 Å². The third-order valence-electron chi connectivity index (χ3n) is 10.7. The molecular formula is C42H58ClN3O3. The van der Waals surface area contributed by atoms with E-state index in [1.165, 1.54) is 108 Å². The molecule has 0 bridgehead atoms. The Balaban J connectivity index is 0.00000541. The molecule has 0 fully saturated rings. The number of para-hydroxylation sites is 1. The summed E-state index contributed by atoms with van der Waals surface area (Å²) < 4.78 is 9.25. The number of benzene rings is 2. The molecule has 0 aliphatic carbocycles. The van der Waals surface area contributed by atoms with Crippen LogP contribution < -0.4 is 26.6 Å². The molecule has 5 rings (SSSR count). The molecule has 6 nitrogen and oxygen atoms in total. The van der Waals surface area contributed by atoms with Crippen molar-refractivity contribution in [2.45, 2.75) is 141 Å². The Bertz CT molecular complexity index is 1510. The summed E-state index contributed by atoms with van der Waals surface area (Å²) in [5.74, 6) is 0.734. The standard InChI is InChI=1S/C42H58N3O3.ClH/c1-4-5-6-7-8-9-10-11-12-13-14-15-16-17-18-24-31-44-39-26-21-20-25-38(39)41(2,3)42(44)28-27-35-32-37(45(46)47)33-36(40(35)48-42)34-43-29-22-19-23-30-43;/h19-23,25-30,32-33H,4-18,24,31,34H2,1-3H3;1H/q+1;/p-1. The van der Waals surface area contributed by atoms with Gasteiger partial charge in [0.15, 0.2) is 18.9 Å². The second-order valence-corrected chi connectivity index (χ2v) is 14.6. The van der Waals surface area contributed by atoms with Gasteiger partial charge in [-0.2, -0.15) is 0 Å². The zero-order valence-corrected chi connectivity index (χ0v) is 30.9. The SMILES string of the molecule is CCCCCCCCCCCCCCCCCCN1c2ccccc2C(C)(C)C12C=Cc1cc([N+](=O)[O-])cc(C[n+]3ccccc3)c1O2.[Cl-]. The summed E-state index contributed by atoms with van der Waals surface area (Å²) in [6, 6.07) is 17.9. The first-order chi connectivity index (χ1) is 23.4. The van der Waals surface area contributed by atoms with Crippen molar-refractivity contribution in [2.75, 3.05) is 11.4 Å². The molecule has 1 unspecified atom stereocenters. The second-order valence-electron chi connectivity index (χ2n) is 14.6. The van der Waals surface area contributed by atoms with E-state index in [4.69, 9.17) is 4.74 Å². The molecule has 0 saturated heterocycles. The summed E-state index contributed by atoms with van der Waals surface area (Å²) in [6.45, 7) is 8.21. The van der Waals surface area contributed by atoms with Crippen LogP contribution in [0.5, 0.6) is 5.75 Å². The van der Waals surface area contributed by atoms with Gasteiger partial charge in [0.25, 0.3) is 5.69 Å². The number of nitrogens with zero attached hydrogens (tertiary/aromatic N) is 3. The predicted molar refractivity (Wildman–Crippen MR) is 198 cm³/mol. The number of nitro groups is 1. The van der Waals surface area contributed by atoms with Crippen LogP contribution >= 0.6 is 0 Å². The molecule has 266 valence electrons. The van der Waals surface area contributed by atoms with Crippen molar-refractivity contribution in [3.8, 4) is 5.75 Å². The van der Waals surface area contributed by atoms with Crippen molar-refractivity contribution in [3.63, 3.8) is 0 Å². The maximum atomic E-state index is 11.9. The lowest BCUT2D eigenvalue weighted by Gasteiger charge is -2.47. The van der Waals surface area contributed by atoms with Gasteiger partial charge in [-0.1, -0.05) is 128 Å². The molecule has 2 aliphatic heterocycles. The van der Waals surface area contributed by atoms with Crippen LogP contribution in [0.15, 0.2) is 73.1 Å². The van der Waals surface area contributed by atoms with Crippen LogP contribution in [-0.4, -0.2) is 17.2 Å². The lowest BCUT2D eigenvalue weighted by molar-refractivity contribution is -0.688. The van der Waals surface area contributed by atoms with Crippen molar-refractivity contribution in [1.29, 1.82) is 0 Å². The fourth-order valence-electron chi connectivity index (χ4n) is 7.83. The monoisotopic (exact) mass is 687 g/mol. The van der Waals surface area contributed by atoms with Crippen LogP contribution in [-0.2, 0) is 12.0 Å². The zero-order chi connectivity index (χ0) is 33.8. The number of hydrogen-bond donors (Lipinski definition) is 0. The average molecular weight is 688 g/mol. The highest BCUT2D eigenvalue weighted by Crippen LogP contribution is 2.55. The van der Waals surface area contributed by atoms with Crippen LogP contribution in [0.1, 0.15) is 140 Å². The van der Waals surface area contributed by atoms with E-state index in [2.05, 4.69) is 62.1 Å². The number of unbranched alkanes of at least 4 members (excludes halogenated alkanes) is 15. The summed E-state index contributed by atoms with van der Waals surface area (Å²) in [6.07, 6.45) is 29.8. The molecule has 1 aromatic heterocycles. The van der Waals surface area contributed by atoms with Crippen molar-refractivity contribution in [3.05, 3.63) is 99.9 Å². The number of pyridine rings is 1. The maximum absolute atomic E-state index is 11.9. The quantitative estimate of drug-likeness (QED) is 0.0522. The number of nitro benzene ring substituents is 1. The van der Waals surface area contributed by atoms with Gasteiger partial charge in [-0.3, -0.25) is 10.1 Å². The smallest absolute Gasteiger partial charge is 0.270 e. The highest BCUT2D eigenvalue weighted by atomic mass is 35.5. The van der Waals surface area contributed by atoms with Crippen LogP contribution in [0.4, 0.5) is 11.4 Å². The number of rotatable bonds is 20. The number of anilines is 1. The molecule has 3 aromatic rings. The molecule has 7 heteroatoms. The van der Waals surface area contributed by atoms with E-state index in [1.54, 1.807) is 12.1 Å². The van der Waals surface area contributed by atoms with Crippen LogP contribution in [0, 0.1) is 10.1 Å². The maximum Gasteiger partial charge on any atom is 0.270 e. The van der Waals surface area contributed by atoms with E-state index < -0.39 is 5.72 Å². The van der Waals surface area contributed by atoms with Crippen LogP contribution in [0.25, 0.3) is 6.08 Å². The van der Waals surface area contributed by atoms with Gasteiger partial charge in [0.05, 0.1) is 15.9 Å². The summed E-state index contributed by atoms with van der Waals surface area (Å²) in [7, 11) is 0. The number of ether oxygens (including phenoxy) is 1. The Hall–Kier alpha value is -3.38. The van der Waals surface area contributed by atoms with E-state index in [-0.39, 0.29) is 28.4 Å². The zero-order valence-electron chi connectivity index (χ0n) is 30.2. The molecule has 49 heavy (non-hydrogen) atoms. The van der Waals surface area contributed by atoms with E-state index in [9.17, 15) is 10.1 Å². The van der Waals surface area contributed by atoms with Gasteiger partial charge in [-0.05, 0) is 44.1 Å². The number of aromatic nitrogens is 1. The van der Waals surface area contributed by atoms with E-state index in [0.717, 1.165) is 29.8 Å². The minimum atomic E-state index is -0.731. The van der Waals surface area contributed by atoms with Crippen LogP contribution in [0.2, 0.25) is 0 Å². The molecular weight excluding hydrogens is 630 g/mol.